The average molecular weight is 334 g/mol. The number of benzene rings is 2. The van der Waals surface area contributed by atoms with Gasteiger partial charge >= 0.3 is 0 Å². The van der Waals surface area contributed by atoms with Gasteiger partial charge < -0.3 is 9.84 Å². The summed E-state index contributed by atoms with van der Waals surface area (Å²) in [6.45, 7) is 4.83. The smallest absolute Gasteiger partial charge is 0.160 e. The van der Waals surface area contributed by atoms with Crippen LogP contribution in [0.15, 0.2) is 42.6 Å². The maximum atomic E-state index is 9.97. The van der Waals surface area contributed by atoms with E-state index in [2.05, 4.69) is 35.0 Å². The van der Waals surface area contributed by atoms with Crippen LogP contribution >= 0.6 is 0 Å². The average Bonchev–Trinajstić information content (AvgIpc) is 2.64. The second-order valence-corrected chi connectivity index (χ2v) is 6.69. The summed E-state index contributed by atoms with van der Waals surface area (Å²) < 4.78 is 5.26. The molecule has 2 heterocycles. The van der Waals surface area contributed by atoms with E-state index in [1.807, 2.05) is 24.4 Å². The van der Waals surface area contributed by atoms with E-state index in [4.69, 9.17) is 4.74 Å². The number of pyridine rings is 1. The van der Waals surface area contributed by atoms with Gasteiger partial charge in [-0.3, -0.25) is 9.88 Å². The van der Waals surface area contributed by atoms with E-state index in [0.29, 0.717) is 5.75 Å². The highest BCUT2D eigenvalue weighted by atomic mass is 16.5. The summed E-state index contributed by atoms with van der Waals surface area (Å²) in [5.74, 6) is 0.770. The van der Waals surface area contributed by atoms with Crippen molar-refractivity contribution in [1.82, 2.24) is 9.88 Å². The van der Waals surface area contributed by atoms with Crippen molar-refractivity contribution in [3.8, 4) is 11.5 Å². The molecule has 0 amide bonds. The third-order valence-corrected chi connectivity index (χ3v) is 5.06. The number of aromatic nitrogens is 1. The van der Waals surface area contributed by atoms with Crippen molar-refractivity contribution in [2.45, 2.75) is 26.4 Å². The van der Waals surface area contributed by atoms with Gasteiger partial charge in [0, 0.05) is 31.2 Å². The molecule has 128 valence electrons. The largest absolute Gasteiger partial charge is 0.504 e. The minimum Gasteiger partial charge on any atom is -0.504 e. The second kappa shape index (κ2) is 6.37. The lowest BCUT2D eigenvalue weighted by atomic mass is 9.97. The Morgan fingerprint density at radius 1 is 1.20 bits per heavy atom. The fraction of sp³-hybridized carbons (Fsp3) is 0.286. The summed E-state index contributed by atoms with van der Waals surface area (Å²) in [5.41, 5.74) is 6.05. The Labute approximate surface area is 147 Å². The highest BCUT2D eigenvalue weighted by Gasteiger charge is 2.20. The molecule has 4 nitrogen and oxygen atoms in total. The number of aromatic hydroxyl groups is 1. The number of hydrogen-bond acceptors (Lipinski definition) is 4. The van der Waals surface area contributed by atoms with Crippen LogP contribution < -0.4 is 4.74 Å². The van der Waals surface area contributed by atoms with Crippen molar-refractivity contribution < 1.29 is 9.84 Å². The monoisotopic (exact) mass is 334 g/mol. The molecule has 0 aliphatic carbocycles. The molecular formula is C21H22N2O2. The first-order valence-corrected chi connectivity index (χ1v) is 8.60. The Morgan fingerprint density at radius 3 is 2.92 bits per heavy atom. The standard InChI is InChI=1S/C21H22N2O2/c1-14-5-6-16(21-18(14)4-3-8-22-21)12-23-9-7-15-10-19(24)20(25-2)11-17(15)13-23/h3-6,8,10-11,24H,7,9,12-13H2,1-2H3. The van der Waals surface area contributed by atoms with Crippen molar-refractivity contribution in [2.75, 3.05) is 13.7 Å². The van der Waals surface area contributed by atoms with Gasteiger partial charge in [0.1, 0.15) is 0 Å². The third kappa shape index (κ3) is 2.94. The Hall–Kier alpha value is -2.59. The van der Waals surface area contributed by atoms with Crippen molar-refractivity contribution >= 4 is 10.9 Å². The Morgan fingerprint density at radius 2 is 2.08 bits per heavy atom. The third-order valence-electron chi connectivity index (χ3n) is 5.06. The van der Waals surface area contributed by atoms with Gasteiger partial charge in [0.2, 0.25) is 0 Å². The van der Waals surface area contributed by atoms with E-state index < -0.39 is 0 Å². The van der Waals surface area contributed by atoms with Crippen LogP contribution in [0.2, 0.25) is 0 Å². The predicted octanol–water partition coefficient (Wildman–Crippen LogP) is 3.82. The zero-order chi connectivity index (χ0) is 17.4. The van der Waals surface area contributed by atoms with Crippen molar-refractivity contribution in [3.05, 3.63) is 64.8 Å². The summed E-state index contributed by atoms with van der Waals surface area (Å²) in [6, 6.07) is 12.3. The van der Waals surface area contributed by atoms with Crippen LogP contribution in [0.4, 0.5) is 0 Å². The number of rotatable bonds is 3. The van der Waals surface area contributed by atoms with Gasteiger partial charge in [-0.15, -0.1) is 0 Å². The molecule has 2 aromatic carbocycles. The van der Waals surface area contributed by atoms with Gasteiger partial charge in [-0.1, -0.05) is 18.2 Å². The van der Waals surface area contributed by atoms with E-state index in [9.17, 15) is 5.11 Å². The van der Waals surface area contributed by atoms with E-state index >= 15 is 0 Å². The van der Waals surface area contributed by atoms with Gasteiger partial charge in [0.25, 0.3) is 0 Å². The molecule has 1 aliphatic rings. The molecule has 4 heteroatoms. The molecule has 0 unspecified atom stereocenters. The van der Waals surface area contributed by atoms with Crippen LogP contribution in [-0.2, 0) is 19.5 Å². The summed E-state index contributed by atoms with van der Waals surface area (Å²) in [6.07, 6.45) is 2.80. The molecule has 1 aliphatic heterocycles. The Balaban J connectivity index is 1.62. The van der Waals surface area contributed by atoms with E-state index in [1.165, 1.54) is 27.6 Å². The topological polar surface area (TPSA) is 45.6 Å². The highest BCUT2D eigenvalue weighted by Crippen LogP contribution is 2.33. The van der Waals surface area contributed by atoms with Crippen LogP contribution in [0, 0.1) is 6.92 Å². The van der Waals surface area contributed by atoms with Crippen LogP contribution in [0.5, 0.6) is 11.5 Å². The fourth-order valence-electron chi connectivity index (χ4n) is 3.67. The van der Waals surface area contributed by atoms with Crippen molar-refractivity contribution in [3.63, 3.8) is 0 Å². The molecule has 0 radical (unpaired) electrons. The van der Waals surface area contributed by atoms with E-state index in [-0.39, 0.29) is 5.75 Å². The normalized spacial score (nSPS) is 14.5. The molecule has 0 atom stereocenters. The quantitative estimate of drug-likeness (QED) is 0.791. The highest BCUT2D eigenvalue weighted by molar-refractivity contribution is 5.84. The summed E-state index contributed by atoms with van der Waals surface area (Å²) in [7, 11) is 1.59. The first-order chi connectivity index (χ1) is 12.2. The van der Waals surface area contributed by atoms with Crippen molar-refractivity contribution in [2.24, 2.45) is 0 Å². The molecule has 0 saturated carbocycles. The number of hydrogen-bond donors (Lipinski definition) is 1. The summed E-state index contributed by atoms with van der Waals surface area (Å²) in [4.78, 5) is 7.04. The maximum Gasteiger partial charge on any atom is 0.160 e. The van der Waals surface area contributed by atoms with Gasteiger partial charge in [0.15, 0.2) is 11.5 Å². The molecule has 0 saturated heterocycles. The number of fused-ring (bicyclic) bond motifs is 2. The number of phenolic OH excluding ortho intramolecular Hbond substituents is 1. The van der Waals surface area contributed by atoms with Gasteiger partial charge in [-0.05, 0) is 53.8 Å². The predicted molar refractivity (Wildman–Crippen MR) is 99.0 cm³/mol. The summed E-state index contributed by atoms with van der Waals surface area (Å²) in [5, 5.41) is 11.2. The number of phenols is 1. The van der Waals surface area contributed by atoms with Crippen molar-refractivity contribution in [1.29, 1.82) is 0 Å². The minimum atomic E-state index is 0.225. The van der Waals surface area contributed by atoms with Gasteiger partial charge in [0.05, 0.1) is 12.6 Å². The van der Waals surface area contributed by atoms with Gasteiger partial charge in [-0.2, -0.15) is 0 Å². The fourth-order valence-corrected chi connectivity index (χ4v) is 3.67. The second-order valence-electron chi connectivity index (χ2n) is 6.69. The minimum absolute atomic E-state index is 0.225. The van der Waals surface area contributed by atoms with E-state index in [1.54, 1.807) is 7.11 Å². The molecular weight excluding hydrogens is 312 g/mol. The number of methoxy groups -OCH3 is 1. The first kappa shape index (κ1) is 15.9. The molecule has 1 aromatic heterocycles. The SMILES string of the molecule is COc1cc2c(cc1O)CCN(Cc1ccc(C)c3cccnc13)C2. The lowest BCUT2D eigenvalue weighted by Gasteiger charge is -2.29. The van der Waals surface area contributed by atoms with Gasteiger partial charge in [-0.25, -0.2) is 0 Å². The van der Waals surface area contributed by atoms with Crippen LogP contribution in [0.3, 0.4) is 0 Å². The maximum absolute atomic E-state index is 9.97. The van der Waals surface area contributed by atoms with Crippen LogP contribution in [0.25, 0.3) is 10.9 Å². The zero-order valence-electron chi connectivity index (χ0n) is 14.6. The Kier molecular flexibility index (Phi) is 4.06. The molecule has 0 spiro atoms. The molecule has 3 aromatic rings. The van der Waals surface area contributed by atoms with Crippen LogP contribution in [-0.4, -0.2) is 28.6 Å². The molecule has 0 bridgehead atoms. The lowest BCUT2D eigenvalue weighted by molar-refractivity contribution is 0.245. The molecule has 25 heavy (non-hydrogen) atoms. The Bertz CT molecular complexity index is 937. The number of ether oxygens (including phenoxy) is 1. The molecule has 0 fully saturated rings. The van der Waals surface area contributed by atoms with Crippen LogP contribution in [0.1, 0.15) is 22.3 Å². The number of nitrogens with zero attached hydrogens (tertiary/aromatic N) is 2. The lowest BCUT2D eigenvalue weighted by Crippen LogP contribution is -2.30. The number of aryl methyl sites for hydroxylation is 1. The van der Waals surface area contributed by atoms with E-state index in [0.717, 1.165) is 31.6 Å². The summed E-state index contributed by atoms with van der Waals surface area (Å²) >= 11 is 0. The molecule has 4 rings (SSSR count). The molecule has 1 N–H and O–H groups in total. The zero-order valence-corrected chi connectivity index (χ0v) is 14.6. The first-order valence-electron chi connectivity index (χ1n) is 8.60.